The highest BCUT2D eigenvalue weighted by atomic mass is 32.2. The lowest BCUT2D eigenvalue weighted by Gasteiger charge is -2.18. The van der Waals surface area contributed by atoms with Gasteiger partial charge in [0.05, 0.1) is 19.1 Å². The van der Waals surface area contributed by atoms with Crippen molar-refractivity contribution < 1.29 is 33.4 Å². The topological polar surface area (TPSA) is 111 Å². The summed E-state index contributed by atoms with van der Waals surface area (Å²) in [6, 6.07) is 12.8. The molecule has 9 nitrogen and oxygen atoms in total. The van der Waals surface area contributed by atoms with Crippen LogP contribution in [0.15, 0.2) is 53.4 Å². The first-order valence-electron chi connectivity index (χ1n) is 9.85. The summed E-state index contributed by atoms with van der Waals surface area (Å²) in [6.45, 7) is 1.10. The monoisotopic (exact) mass is 470 g/mol. The van der Waals surface area contributed by atoms with E-state index in [1.165, 1.54) is 27.2 Å². The van der Waals surface area contributed by atoms with E-state index in [4.69, 9.17) is 9.47 Å². The van der Waals surface area contributed by atoms with Gasteiger partial charge >= 0.3 is 5.97 Å². The van der Waals surface area contributed by atoms with Crippen LogP contribution in [-0.4, -0.2) is 54.8 Å². The average molecular weight is 471 g/mol. The fourth-order valence-corrected chi connectivity index (χ4v) is 3.95. The van der Waals surface area contributed by atoms with Crippen LogP contribution in [0.25, 0.3) is 6.08 Å². The van der Waals surface area contributed by atoms with Gasteiger partial charge in [-0.15, -0.1) is 0 Å². The van der Waals surface area contributed by atoms with E-state index in [0.29, 0.717) is 28.8 Å². The number of esters is 1. The number of ether oxygens (including phenoxy) is 3. The van der Waals surface area contributed by atoms with E-state index in [2.05, 4.69) is 10.1 Å². The Kier molecular flexibility index (Phi) is 7.73. The van der Waals surface area contributed by atoms with E-state index >= 15 is 0 Å². The number of rotatable bonds is 8. The largest absolute Gasteiger partial charge is 0.493 e. The second-order valence-corrected chi connectivity index (χ2v) is 7.83. The molecule has 1 aliphatic heterocycles. The third kappa shape index (κ3) is 5.53. The summed E-state index contributed by atoms with van der Waals surface area (Å²) >= 11 is 0.696. The Morgan fingerprint density at radius 1 is 1.09 bits per heavy atom. The van der Waals surface area contributed by atoms with Gasteiger partial charge in [-0.1, -0.05) is 30.3 Å². The Labute approximate surface area is 194 Å². The van der Waals surface area contributed by atoms with Crippen molar-refractivity contribution >= 4 is 46.5 Å². The Morgan fingerprint density at radius 3 is 2.48 bits per heavy atom. The molecule has 2 aromatic rings. The Balaban J connectivity index is 1.82. The van der Waals surface area contributed by atoms with Gasteiger partial charge in [0.1, 0.15) is 6.04 Å². The fourth-order valence-electron chi connectivity index (χ4n) is 3.05. The molecule has 1 fully saturated rings. The van der Waals surface area contributed by atoms with Crippen molar-refractivity contribution in [3.63, 3.8) is 0 Å². The third-order valence-electron chi connectivity index (χ3n) is 4.67. The number of hydrogen-bond donors (Lipinski definition) is 1. The predicted molar refractivity (Wildman–Crippen MR) is 123 cm³/mol. The van der Waals surface area contributed by atoms with Crippen LogP contribution in [0.5, 0.6) is 11.5 Å². The Bertz CT molecular complexity index is 1100. The highest BCUT2D eigenvalue weighted by molar-refractivity contribution is 8.18. The summed E-state index contributed by atoms with van der Waals surface area (Å²) in [5.74, 6) is -1.13. The SMILES string of the molecule is COC(=O)[C@H](C)N1C(=O)S/C(=C/c2cccc(OC)c2OCC(=O)Nc2ccccc2)C1=O. The molecule has 0 aromatic heterocycles. The first-order valence-corrected chi connectivity index (χ1v) is 10.7. The number of carbonyl (C=O) groups excluding carboxylic acids is 4. The summed E-state index contributed by atoms with van der Waals surface area (Å²) in [4.78, 5) is 50.2. The van der Waals surface area contributed by atoms with Crippen LogP contribution < -0.4 is 14.8 Å². The summed E-state index contributed by atoms with van der Waals surface area (Å²) in [5, 5.41) is 2.13. The lowest BCUT2D eigenvalue weighted by Crippen LogP contribution is -2.42. The minimum absolute atomic E-state index is 0.0996. The number of thioether (sulfide) groups is 1. The average Bonchev–Trinajstić information content (AvgIpc) is 3.10. The zero-order valence-electron chi connectivity index (χ0n) is 18.2. The molecule has 0 spiro atoms. The quantitative estimate of drug-likeness (QED) is 0.462. The van der Waals surface area contributed by atoms with Gasteiger partial charge in [-0.3, -0.25) is 19.3 Å². The van der Waals surface area contributed by atoms with Crippen molar-refractivity contribution in [3.8, 4) is 11.5 Å². The Hall–Kier alpha value is -3.79. The number of nitrogens with zero attached hydrogens (tertiary/aromatic N) is 1. The second kappa shape index (κ2) is 10.7. The zero-order valence-corrected chi connectivity index (χ0v) is 19.0. The molecule has 3 rings (SSSR count). The molecule has 0 bridgehead atoms. The van der Waals surface area contributed by atoms with Crippen molar-refractivity contribution in [2.24, 2.45) is 0 Å². The molecule has 172 valence electrons. The van der Waals surface area contributed by atoms with Crippen LogP contribution in [-0.2, 0) is 19.1 Å². The summed E-state index contributed by atoms with van der Waals surface area (Å²) in [6.07, 6.45) is 1.46. The lowest BCUT2D eigenvalue weighted by atomic mass is 10.1. The van der Waals surface area contributed by atoms with Crippen LogP contribution in [0.4, 0.5) is 10.5 Å². The number of anilines is 1. The van der Waals surface area contributed by atoms with Gasteiger partial charge < -0.3 is 19.5 Å². The number of amides is 3. The smallest absolute Gasteiger partial charge is 0.328 e. The zero-order chi connectivity index (χ0) is 24.0. The highest BCUT2D eigenvalue weighted by Gasteiger charge is 2.41. The number of methoxy groups -OCH3 is 2. The second-order valence-electron chi connectivity index (χ2n) is 6.83. The van der Waals surface area contributed by atoms with Gasteiger partial charge in [0.2, 0.25) is 0 Å². The molecule has 0 aliphatic carbocycles. The first kappa shape index (κ1) is 23.9. The summed E-state index contributed by atoms with van der Waals surface area (Å²) in [7, 11) is 2.63. The van der Waals surface area contributed by atoms with Gasteiger partial charge in [0.15, 0.2) is 18.1 Å². The van der Waals surface area contributed by atoms with Crippen molar-refractivity contribution in [3.05, 3.63) is 59.0 Å². The minimum Gasteiger partial charge on any atom is -0.493 e. The molecule has 1 N–H and O–H groups in total. The molecule has 33 heavy (non-hydrogen) atoms. The number of hydrogen-bond acceptors (Lipinski definition) is 8. The van der Waals surface area contributed by atoms with E-state index in [-0.39, 0.29) is 23.2 Å². The van der Waals surface area contributed by atoms with Gasteiger partial charge in [-0.25, -0.2) is 4.79 Å². The van der Waals surface area contributed by atoms with E-state index in [1.807, 2.05) is 6.07 Å². The van der Waals surface area contributed by atoms with Crippen molar-refractivity contribution in [2.45, 2.75) is 13.0 Å². The van der Waals surface area contributed by atoms with Crippen LogP contribution in [0.3, 0.4) is 0 Å². The summed E-state index contributed by atoms with van der Waals surface area (Å²) in [5.41, 5.74) is 1.05. The highest BCUT2D eigenvalue weighted by Crippen LogP contribution is 2.38. The lowest BCUT2D eigenvalue weighted by molar-refractivity contribution is -0.148. The summed E-state index contributed by atoms with van der Waals surface area (Å²) < 4.78 is 15.7. The molecule has 0 saturated carbocycles. The molecular formula is C23H22N2O7S. The molecule has 1 aliphatic rings. The Morgan fingerprint density at radius 2 is 1.82 bits per heavy atom. The maximum absolute atomic E-state index is 12.8. The molecule has 1 saturated heterocycles. The van der Waals surface area contributed by atoms with E-state index in [1.54, 1.807) is 42.5 Å². The fraction of sp³-hybridized carbons (Fsp3) is 0.217. The normalized spacial score (nSPS) is 15.4. The van der Waals surface area contributed by atoms with Crippen LogP contribution >= 0.6 is 11.8 Å². The number of benzene rings is 2. The van der Waals surface area contributed by atoms with Gasteiger partial charge in [0, 0.05) is 11.3 Å². The number of imide groups is 1. The van der Waals surface area contributed by atoms with Crippen LogP contribution in [0.1, 0.15) is 12.5 Å². The van der Waals surface area contributed by atoms with E-state index in [9.17, 15) is 19.2 Å². The molecule has 3 amide bonds. The molecular weight excluding hydrogens is 448 g/mol. The molecule has 1 atom stereocenters. The maximum Gasteiger partial charge on any atom is 0.328 e. The van der Waals surface area contributed by atoms with E-state index in [0.717, 1.165) is 4.90 Å². The van der Waals surface area contributed by atoms with Crippen molar-refractivity contribution in [1.82, 2.24) is 4.90 Å². The van der Waals surface area contributed by atoms with E-state index < -0.39 is 23.2 Å². The minimum atomic E-state index is -1.06. The van der Waals surface area contributed by atoms with Crippen LogP contribution in [0, 0.1) is 0 Å². The standard InChI is InChI=1S/C23H22N2O7S/c1-14(22(28)31-3)25-21(27)18(33-23(25)29)12-15-8-7-11-17(30-2)20(15)32-13-19(26)24-16-9-5-4-6-10-16/h4-12,14H,13H2,1-3H3,(H,24,26)/b18-12+/t14-/m0/s1. The van der Waals surface area contributed by atoms with Crippen molar-refractivity contribution in [2.75, 3.05) is 26.1 Å². The molecule has 2 aromatic carbocycles. The molecule has 0 radical (unpaired) electrons. The molecule has 1 heterocycles. The first-order chi connectivity index (χ1) is 15.8. The van der Waals surface area contributed by atoms with Gasteiger partial charge in [-0.2, -0.15) is 0 Å². The van der Waals surface area contributed by atoms with Crippen molar-refractivity contribution in [1.29, 1.82) is 0 Å². The predicted octanol–water partition coefficient (Wildman–Crippen LogP) is 3.31. The van der Waals surface area contributed by atoms with Gasteiger partial charge in [-0.05, 0) is 43.0 Å². The third-order valence-corrected chi connectivity index (χ3v) is 5.56. The van der Waals surface area contributed by atoms with Crippen LogP contribution in [0.2, 0.25) is 0 Å². The van der Waals surface area contributed by atoms with Gasteiger partial charge in [0.25, 0.3) is 17.1 Å². The number of nitrogens with one attached hydrogen (secondary N) is 1. The number of para-hydroxylation sites is 2. The maximum atomic E-state index is 12.8. The number of carbonyl (C=O) groups is 4. The molecule has 10 heteroatoms. The molecule has 0 unspecified atom stereocenters.